The molecule has 0 atom stereocenters. The number of ether oxygens (including phenoxy) is 1. The highest BCUT2D eigenvalue weighted by Crippen LogP contribution is 2.37. The summed E-state index contributed by atoms with van der Waals surface area (Å²) in [5, 5.41) is -0.355. The lowest BCUT2D eigenvalue weighted by Gasteiger charge is -2.13. The third-order valence-electron chi connectivity index (χ3n) is 3.64. The number of hydrogen-bond acceptors (Lipinski definition) is 6. The first-order chi connectivity index (χ1) is 13.7. The van der Waals surface area contributed by atoms with Gasteiger partial charge >= 0.3 is 18.5 Å². The Kier molecular flexibility index (Phi) is 11.9. The topological polar surface area (TPSA) is 90.4 Å². The number of aromatic nitrogens is 1. The lowest BCUT2D eigenvalue weighted by atomic mass is 9.99. The lowest BCUT2D eigenvalue weighted by molar-refractivity contribution is -0.193. The van der Waals surface area contributed by atoms with Gasteiger partial charge in [-0.1, -0.05) is 25.4 Å². The van der Waals surface area contributed by atoms with E-state index in [-0.39, 0.29) is 23.1 Å². The highest BCUT2D eigenvalue weighted by Gasteiger charge is 2.33. The number of hydrogen-bond donors (Lipinski definition) is 0. The number of alkyl halides is 3. The zero-order valence-electron chi connectivity index (χ0n) is 15.5. The van der Waals surface area contributed by atoms with E-state index in [1.807, 2.05) is 6.07 Å². The van der Waals surface area contributed by atoms with Crippen molar-refractivity contribution >= 4 is 23.9 Å². The van der Waals surface area contributed by atoms with E-state index in [4.69, 9.17) is 35.5 Å². The highest BCUT2D eigenvalue weighted by molar-refractivity contribution is 6.31. The van der Waals surface area contributed by atoms with Gasteiger partial charge in [-0.05, 0) is 43.2 Å². The maximum atomic E-state index is 12.8. The van der Waals surface area contributed by atoms with Crippen LogP contribution in [0.4, 0.5) is 13.2 Å². The fourth-order valence-electron chi connectivity index (χ4n) is 2.32. The molecule has 0 saturated carbocycles. The van der Waals surface area contributed by atoms with Crippen molar-refractivity contribution in [3.8, 4) is 11.5 Å². The van der Waals surface area contributed by atoms with Gasteiger partial charge in [0.25, 0.3) is 0 Å². The molecule has 1 aromatic heterocycles. The van der Waals surface area contributed by atoms with E-state index in [1.54, 1.807) is 6.07 Å². The summed E-state index contributed by atoms with van der Waals surface area (Å²) >= 11 is 5.58. The Bertz CT molecular complexity index is 813. The van der Waals surface area contributed by atoms with Crippen LogP contribution in [0.1, 0.15) is 43.9 Å². The molecule has 0 saturated heterocycles. The van der Waals surface area contributed by atoms with Gasteiger partial charge in [-0.15, -0.1) is 0 Å². The van der Waals surface area contributed by atoms with Gasteiger partial charge in [0.05, 0.1) is 16.8 Å². The number of carbonyl (C=O) groups excluding carboxylic acids is 4. The smallest absolute Gasteiger partial charge is 0.417 e. The summed E-state index contributed by atoms with van der Waals surface area (Å²) < 4.78 is 44.0. The third-order valence-corrected chi connectivity index (χ3v) is 3.97. The molecule has 10 heteroatoms. The van der Waals surface area contributed by atoms with Gasteiger partial charge in [0.15, 0.2) is 0 Å². The zero-order valence-corrected chi connectivity index (χ0v) is 16.2. The van der Waals surface area contributed by atoms with Crippen molar-refractivity contribution < 1.29 is 37.1 Å². The van der Waals surface area contributed by atoms with Crippen molar-refractivity contribution in [1.82, 2.24) is 4.98 Å². The van der Waals surface area contributed by atoms with Crippen LogP contribution >= 0.6 is 11.6 Å². The van der Waals surface area contributed by atoms with E-state index in [0.717, 1.165) is 24.6 Å². The van der Waals surface area contributed by atoms with E-state index in [0.29, 0.717) is 11.7 Å². The van der Waals surface area contributed by atoms with Gasteiger partial charge in [0, 0.05) is 11.6 Å². The van der Waals surface area contributed by atoms with Gasteiger partial charge in [-0.3, -0.25) is 4.98 Å². The number of rotatable bonds is 5. The van der Waals surface area contributed by atoms with E-state index >= 15 is 0 Å². The molecule has 0 aliphatic rings. The second-order valence-electron chi connectivity index (χ2n) is 5.34. The minimum atomic E-state index is -4.52. The Hall–Kier alpha value is -2.99. The average Bonchev–Trinajstić information content (AvgIpc) is 2.66. The molecule has 0 spiro atoms. The average molecular weight is 432 g/mol. The predicted octanol–water partition coefficient (Wildman–Crippen LogP) is 5.28. The minimum absolute atomic E-state index is 0.0683. The molecule has 6 nitrogen and oxygen atoms in total. The maximum absolute atomic E-state index is 12.8. The monoisotopic (exact) mass is 431 g/mol. The molecule has 1 aromatic carbocycles. The summed E-state index contributed by atoms with van der Waals surface area (Å²) in [4.78, 5) is 36.8. The van der Waals surface area contributed by atoms with Crippen LogP contribution < -0.4 is 4.74 Å². The summed E-state index contributed by atoms with van der Waals surface area (Å²) in [6.07, 6.45) is -0.533. The maximum Gasteiger partial charge on any atom is 0.417 e. The Labute approximate surface area is 169 Å². The molecule has 0 aliphatic heterocycles. The number of pyridine rings is 1. The first-order valence-electron chi connectivity index (χ1n) is 8.17. The quantitative estimate of drug-likeness (QED) is 0.639. The van der Waals surface area contributed by atoms with Crippen molar-refractivity contribution in [2.45, 2.75) is 38.8 Å². The van der Waals surface area contributed by atoms with Gasteiger partial charge in [-0.2, -0.15) is 32.3 Å². The molecule has 2 rings (SSSR count). The zero-order chi connectivity index (χ0) is 22.4. The lowest BCUT2D eigenvalue weighted by Crippen LogP contribution is -2.06. The highest BCUT2D eigenvalue weighted by atomic mass is 35.5. The molecular weight excluding hydrogens is 415 g/mol. The molecule has 0 aliphatic carbocycles. The first kappa shape index (κ1) is 26.0. The number of halogens is 4. The molecule has 0 amide bonds. The molecule has 156 valence electrons. The predicted molar refractivity (Wildman–Crippen MR) is 94.1 cm³/mol. The summed E-state index contributed by atoms with van der Waals surface area (Å²) in [7, 11) is 0. The molecule has 2 aromatic rings. The van der Waals surface area contributed by atoms with Crippen molar-refractivity contribution in [1.29, 1.82) is 0 Å². The first-order valence-corrected chi connectivity index (χ1v) is 8.55. The Morgan fingerprint density at radius 2 is 1.52 bits per heavy atom. The summed E-state index contributed by atoms with van der Waals surface area (Å²) in [5.41, 5.74) is 0.0349. The van der Waals surface area contributed by atoms with Gasteiger partial charge in [0.1, 0.15) is 11.5 Å². The Morgan fingerprint density at radius 3 is 1.93 bits per heavy atom. The summed E-state index contributed by atoms with van der Waals surface area (Å²) in [5.74, 6) is 0.824. The molecule has 0 N–H and O–H groups in total. The van der Waals surface area contributed by atoms with E-state index < -0.39 is 11.7 Å². The fraction of sp³-hybridized carbons (Fsp3) is 0.316. The van der Waals surface area contributed by atoms with E-state index in [9.17, 15) is 13.2 Å². The molecular formula is C19H17ClF3NO5. The van der Waals surface area contributed by atoms with Crippen molar-refractivity contribution in [2.24, 2.45) is 0 Å². The molecule has 0 bridgehead atoms. The molecule has 29 heavy (non-hydrogen) atoms. The van der Waals surface area contributed by atoms with E-state index in [1.165, 1.54) is 18.3 Å². The van der Waals surface area contributed by atoms with Crippen LogP contribution in [0.15, 0.2) is 36.5 Å². The molecule has 0 radical (unpaired) electrons. The summed E-state index contributed by atoms with van der Waals surface area (Å²) in [6, 6.07) is 7.01. The fourth-order valence-corrected chi connectivity index (χ4v) is 2.55. The van der Waals surface area contributed by atoms with Crippen LogP contribution in [0.2, 0.25) is 5.02 Å². The molecule has 1 heterocycles. The second-order valence-corrected chi connectivity index (χ2v) is 5.75. The van der Waals surface area contributed by atoms with Gasteiger partial charge < -0.3 is 4.74 Å². The molecule has 0 fully saturated rings. The van der Waals surface area contributed by atoms with Crippen molar-refractivity contribution in [3.05, 3.63) is 52.8 Å². The largest absolute Gasteiger partial charge is 0.456 e. The number of benzene rings is 1. The van der Waals surface area contributed by atoms with E-state index in [2.05, 4.69) is 18.8 Å². The SMILES string of the molecule is CCC(CC)c1ccc(Oc2ccc(Cl)c(C(F)(F)F)c2)cn1.O=C=O.O=C=O. The van der Waals surface area contributed by atoms with Gasteiger partial charge in [0.2, 0.25) is 0 Å². The van der Waals surface area contributed by atoms with Crippen LogP contribution in [-0.4, -0.2) is 17.3 Å². The number of nitrogens with zero attached hydrogens (tertiary/aromatic N) is 1. The van der Waals surface area contributed by atoms with Crippen LogP contribution in [0.3, 0.4) is 0 Å². The summed E-state index contributed by atoms with van der Waals surface area (Å²) in [6.45, 7) is 4.18. The standard InChI is InChI=1S/C17H17ClF3NO.2CO2/c1-3-11(4-2)16-8-6-13(10-22-16)23-12-5-7-15(18)14(9-12)17(19,20)21;2*2-1-3/h5-11H,3-4H2,1-2H3;;. The van der Waals surface area contributed by atoms with Gasteiger partial charge in [-0.25, -0.2) is 0 Å². The van der Waals surface area contributed by atoms with Crippen LogP contribution in [0, 0.1) is 0 Å². The molecule has 0 unspecified atom stereocenters. The normalized spacial score (nSPS) is 9.90. The van der Waals surface area contributed by atoms with Crippen molar-refractivity contribution in [2.75, 3.05) is 0 Å². The Morgan fingerprint density at radius 1 is 1.00 bits per heavy atom. The van der Waals surface area contributed by atoms with Crippen molar-refractivity contribution in [3.63, 3.8) is 0 Å². The Balaban J connectivity index is 0.00000116. The van der Waals surface area contributed by atoms with Crippen LogP contribution in [0.25, 0.3) is 0 Å². The second kappa shape index (κ2) is 13.2. The van der Waals surface area contributed by atoms with Crippen LogP contribution in [0.5, 0.6) is 11.5 Å². The van der Waals surface area contributed by atoms with Crippen LogP contribution in [-0.2, 0) is 25.4 Å². The third kappa shape index (κ3) is 9.17. The minimum Gasteiger partial charge on any atom is -0.456 e.